The number of hydrogen-bond donors (Lipinski definition) is 4. The Labute approximate surface area is 190 Å². The van der Waals surface area contributed by atoms with Gasteiger partial charge in [-0.15, -0.1) is 23.1 Å². The Hall–Kier alpha value is -2.69. The number of sulfone groups is 1. The van der Waals surface area contributed by atoms with Crippen molar-refractivity contribution in [2.45, 2.75) is 11.4 Å². The summed E-state index contributed by atoms with van der Waals surface area (Å²) in [4.78, 5) is 46.8. The lowest BCUT2D eigenvalue weighted by atomic mass is 10.0. The van der Waals surface area contributed by atoms with Crippen LogP contribution in [0.3, 0.4) is 0 Å². The van der Waals surface area contributed by atoms with Crippen molar-refractivity contribution in [2.75, 3.05) is 36.7 Å². The number of rotatable bonds is 9. The predicted molar refractivity (Wildman–Crippen MR) is 115 cm³/mol. The Morgan fingerprint density at radius 1 is 1.47 bits per heavy atom. The van der Waals surface area contributed by atoms with Gasteiger partial charge in [-0.1, -0.05) is 5.16 Å². The van der Waals surface area contributed by atoms with Crippen molar-refractivity contribution in [2.24, 2.45) is 5.16 Å². The van der Waals surface area contributed by atoms with Gasteiger partial charge in [-0.25, -0.2) is 18.2 Å². The summed E-state index contributed by atoms with van der Waals surface area (Å²) in [6.07, 6.45) is 0. The molecule has 174 valence electrons. The van der Waals surface area contributed by atoms with Crippen molar-refractivity contribution >= 4 is 61.6 Å². The molecule has 13 nitrogen and oxygen atoms in total. The Balaban J connectivity index is 1.80. The van der Waals surface area contributed by atoms with Gasteiger partial charge in [0.25, 0.3) is 11.8 Å². The predicted octanol–water partition coefficient (Wildman–Crippen LogP) is -1.78. The molecule has 0 saturated carbocycles. The number of aliphatic hydroxyl groups is 1. The number of aliphatic hydroxyl groups excluding tert-OH is 1. The SMILES string of the molecule is CO/N=C(\C(=O)NC1C(=O)N2C(C(=O)O)=C(CS(=O)(=O)CCO)CS[C@H]12)c1csc(N)n1. The number of anilines is 1. The summed E-state index contributed by atoms with van der Waals surface area (Å²) in [5.74, 6) is -4.03. The van der Waals surface area contributed by atoms with Crippen LogP contribution in [-0.4, -0.2) is 94.4 Å². The quantitative estimate of drug-likeness (QED) is 0.168. The van der Waals surface area contributed by atoms with Gasteiger partial charge in [-0.2, -0.15) is 0 Å². The van der Waals surface area contributed by atoms with E-state index >= 15 is 0 Å². The van der Waals surface area contributed by atoms with E-state index in [1.807, 2.05) is 0 Å². The number of carbonyl (C=O) groups excluding carboxylic acids is 2. The molecule has 3 heterocycles. The highest BCUT2D eigenvalue weighted by Gasteiger charge is 2.54. The highest BCUT2D eigenvalue weighted by molar-refractivity contribution is 8.00. The van der Waals surface area contributed by atoms with Gasteiger partial charge in [0.05, 0.1) is 18.1 Å². The number of carboxylic acid groups (broad SMARTS) is 1. The summed E-state index contributed by atoms with van der Waals surface area (Å²) < 4.78 is 24.1. The van der Waals surface area contributed by atoms with E-state index in [0.717, 1.165) is 28.0 Å². The fourth-order valence-corrected chi connectivity index (χ4v) is 6.39. The standard InChI is InChI=1S/C16H19N5O8S3/c1-29-20-9(8-5-31-16(17)18-8)12(23)19-10-13(24)21-11(15(25)26)7(4-30-14(10)21)6-32(27,28)3-2-22/h5,10,14,22H,2-4,6H2,1H3,(H2,17,18)(H,19,23)(H,25,26)/b20-9-/t10?,14-/m1/s1. The number of carboxylic acids is 1. The Bertz CT molecular complexity index is 1110. The van der Waals surface area contributed by atoms with Gasteiger partial charge >= 0.3 is 5.97 Å². The molecule has 3 rings (SSSR count). The van der Waals surface area contributed by atoms with Crippen LogP contribution in [0.5, 0.6) is 0 Å². The number of oxime groups is 1. The first-order chi connectivity index (χ1) is 15.1. The topological polar surface area (TPSA) is 202 Å². The van der Waals surface area contributed by atoms with E-state index in [-0.39, 0.29) is 27.9 Å². The van der Waals surface area contributed by atoms with Gasteiger partial charge in [0.2, 0.25) is 0 Å². The molecule has 1 unspecified atom stereocenters. The van der Waals surface area contributed by atoms with Crippen LogP contribution in [0.2, 0.25) is 0 Å². The van der Waals surface area contributed by atoms with Crippen LogP contribution in [0.1, 0.15) is 5.69 Å². The lowest BCUT2D eigenvalue weighted by molar-refractivity contribution is -0.150. The summed E-state index contributed by atoms with van der Waals surface area (Å²) in [6, 6.07) is -1.06. The largest absolute Gasteiger partial charge is 0.477 e. The Morgan fingerprint density at radius 2 is 2.19 bits per heavy atom. The van der Waals surface area contributed by atoms with E-state index in [2.05, 4.69) is 20.3 Å². The molecule has 0 spiro atoms. The van der Waals surface area contributed by atoms with E-state index in [1.165, 1.54) is 12.5 Å². The van der Waals surface area contributed by atoms with Crippen LogP contribution < -0.4 is 11.1 Å². The second-order valence-electron chi connectivity index (χ2n) is 6.63. The number of carbonyl (C=O) groups is 3. The first kappa shape index (κ1) is 24.0. The number of thioether (sulfide) groups is 1. The van der Waals surface area contributed by atoms with Gasteiger partial charge < -0.3 is 26.1 Å². The average Bonchev–Trinajstić information content (AvgIpc) is 3.14. The second-order valence-corrected chi connectivity index (χ2v) is 10.8. The molecule has 1 saturated heterocycles. The van der Waals surface area contributed by atoms with Crippen molar-refractivity contribution < 1.29 is 37.9 Å². The summed E-state index contributed by atoms with van der Waals surface area (Å²) in [5.41, 5.74) is 5.13. The van der Waals surface area contributed by atoms with Gasteiger partial charge in [0.1, 0.15) is 29.9 Å². The van der Waals surface area contributed by atoms with E-state index in [0.29, 0.717) is 0 Å². The summed E-state index contributed by atoms with van der Waals surface area (Å²) in [6.45, 7) is -0.597. The van der Waals surface area contributed by atoms with Crippen LogP contribution in [-0.2, 0) is 29.1 Å². The molecule has 32 heavy (non-hydrogen) atoms. The fraction of sp³-hybridized carbons (Fsp3) is 0.438. The maximum atomic E-state index is 12.7. The molecule has 1 aromatic heterocycles. The Morgan fingerprint density at radius 3 is 2.75 bits per heavy atom. The average molecular weight is 506 g/mol. The van der Waals surface area contributed by atoms with Crippen LogP contribution in [0.15, 0.2) is 21.8 Å². The van der Waals surface area contributed by atoms with E-state index in [9.17, 15) is 27.9 Å². The highest BCUT2D eigenvalue weighted by atomic mass is 32.2. The third-order valence-electron chi connectivity index (χ3n) is 4.50. The summed E-state index contributed by atoms with van der Waals surface area (Å²) in [7, 11) is -2.52. The molecule has 2 aliphatic heterocycles. The van der Waals surface area contributed by atoms with Crippen LogP contribution in [0.4, 0.5) is 5.13 Å². The number of β-lactam (4-membered cyclic amide) rings is 1. The number of nitrogen functional groups attached to an aromatic ring is 1. The number of aromatic nitrogens is 1. The maximum absolute atomic E-state index is 12.7. The number of nitrogens with one attached hydrogen (secondary N) is 1. The van der Waals surface area contributed by atoms with Gasteiger partial charge in [-0.05, 0) is 5.57 Å². The van der Waals surface area contributed by atoms with Gasteiger partial charge in [-0.3, -0.25) is 14.5 Å². The third kappa shape index (κ3) is 4.72. The Kier molecular flexibility index (Phi) is 7.06. The summed E-state index contributed by atoms with van der Waals surface area (Å²) in [5, 5.41) is 25.6. The molecule has 0 aliphatic carbocycles. The molecule has 1 aromatic rings. The molecule has 0 radical (unpaired) electrons. The minimum atomic E-state index is -3.75. The molecule has 16 heteroatoms. The van der Waals surface area contributed by atoms with Crippen molar-refractivity contribution in [1.29, 1.82) is 0 Å². The van der Waals surface area contributed by atoms with Crippen LogP contribution in [0, 0.1) is 0 Å². The number of aliphatic carboxylic acids is 1. The number of hydrogen-bond acceptors (Lipinski definition) is 12. The highest BCUT2D eigenvalue weighted by Crippen LogP contribution is 2.40. The summed E-state index contributed by atoms with van der Waals surface area (Å²) >= 11 is 2.20. The molecule has 0 bridgehead atoms. The molecule has 2 aliphatic rings. The fourth-order valence-electron chi connectivity index (χ4n) is 3.17. The number of fused-ring (bicyclic) bond motifs is 1. The van der Waals surface area contributed by atoms with Crippen LogP contribution >= 0.6 is 23.1 Å². The molecular weight excluding hydrogens is 486 g/mol. The lowest BCUT2D eigenvalue weighted by Gasteiger charge is -2.49. The van der Waals surface area contributed by atoms with Crippen molar-refractivity contribution in [1.82, 2.24) is 15.2 Å². The lowest BCUT2D eigenvalue weighted by Crippen LogP contribution is -2.71. The van der Waals surface area contributed by atoms with Crippen LogP contribution in [0.25, 0.3) is 0 Å². The zero-order chi connectivity index (χ0) is 23.6. The van der Waals surface area contributed by atoms with Gasteiger partial charge in [0, 0.05) is 11.1 Å². The van der Waals surface area contributed by atoms with E-state index < -0.39 is 62.8 Å². The molecular formula is C16H19N5O8S3. The molecule has 2 amide bonds. The molecule has 2 atom stereocenters. The molecule has 5 N–H and O–H groups in total. The zero-order valence-corrected chi connectivity index (χ0v) is 19.0. The smallest absolute Gasteiger partial charge is 0.352 e. The maximum Gasteiger partial charge on any atom is 0.352 e. The molecule has 1 fully saturated rings. The second kappa shape index (κ2) is 9.43. The van der Waals surface area contributed by atoms with E-state index in [1.54, 1.807) is 0 Å². The number of thiazole rings is 1. The minimum absolute atomic E-state index is 0.0226. The van der Waals surface area contributed by atoms with Crippen molar-refractivity contribution in [3.8, 4) is 0 Å². The van der Waals surface area contributed by atoms with Gasteiger partial charge in [0.15, 0.2) is 20.7 Å². The monoisotopic (exact) mass is 505 g/mol. The minimum Gasteiger partial charge on any atom is -0.477 e. The number of amides is 2. The normalized spacial score (nSPS) is 21.1. The number of nitrogens with two attached hydrogens (primary N) is 1. The molecule has 0 aromatic carbocycles. The van der Waals surface area contributed by atoms with Crippen molar-refractivity contribution in [3.63, 3.8) is 0 Å². The zero-order valence-electron chi connectivity index (χ0n) is 16.5. The first-order valence-electron chi connectivity index (χ1n) is 8.94. The number of nitrogens with zero attached hydrogens (tertiary/aromatic N) is 3. The third-order valence-corrected chi connectivity index (χ3v) is 8.10. The van der Waals surface area contributed by atoms with E-state index in [4.69, 9.17) is 10.8 Å². The van der Waals surface area contributed by atoms with Crippen molar-refractivity contribution in [3.05, 3.63) is 22.3 Å². The first-order valence-corrected chi connectivity index (χ1v) is 12.7.